The number of benzene rings is 2. The molecule has 19 heavy (non-hydrogen) atoms. The molecule has 0 amide bonds. The minimum Gasteiger partial charge on any atom is -0.207 e. The van der Waals surface area contributed by atoms with Gasteiger partial charge in [-0.05, 0) is 36.1 Å². The maximum Gasteiger partial charge on any atom is 0.130 e. The fourth-order valence-electron chi connectivity index (χ4n) is 1.85. The van der Waals surface area contributed by atoms with Gasteiger partial charge in [0.15, 0.2) is 0 Å². The molecule has 0 fully saturated rings. The molecule has 0 bridgehead atoms. The van der Waals surface area contributed by atoms with Crippen molar-refractivity contribution in [3.63, 3.8) is 0 Å². The predicted octanol–water partition coefficient (Wildman–Crippen LogP) is 4.82. The lowest BCUT2D eigenvalue weighted by Gasteiger charge is -2.05. The molecule has 0 aliphatic carbocycles. The van der Waals surface area contributed by atoms with E-state index in [0.717, 1.165) is 24.5 Å². The zero-order valence-electron chi connectivity index (χ0n) is 10.7. The summed E-state index contributed by atoms with van der Waals surface area (Å²) in [7, 11) is 0. The molecule has 0 saturated heterocycles. The Balaban J connectivity index is 2.04. The van der Waals surface area contributed by atoms with Crippen molar-refractivity contribution in [1.82, 2.24) is 0 Å². The number of hydrogen-bond acceptors (Lipinski definition) is 0. The van der Waals surface area contributed by atoms with Crippen LogP contribution in [-0.2, 0) is 6.42 Å². The van der Waals surface area contributed by atoms with Crippen LogP contribution in [0.4, 0.5) is 8.78 Å². The molecule has 0 spiro atoms. The van der Waals surface area contributed by atoms with Gasteiger partial charge in [-0.15, -0.1) is 0 Å². The van der Waals surface area contributed by atoms with Gasteiger partial charge >= 0.3 is 0 Å². The molecule has 2 rings (SSSR count). The molecule has 0 atom stereocenters. The van der Waals surface area contributed by atoms with Gasteiger partial charge < -0.3 is 0 Å². The average molecular weight is 257 g/mol. The van der Waals surface area contributed by atoms with Crippen LogP contribution in [0.1, 0.15) is 18.1 Å². The Bertz CT molecular complexity index is 559. The highest BCUT2D eigenvalue weighted by molar-refractivity contribution is 5.52. The molecule has 97 valence electrons. The Kier molecular flexibility index (Phi) is 4.45. The first-order chi connectivity index (χ1) is 9.15. The van der Waals surface area contributed by atoms with Crippen molar-refractivity contribution in [2.75, 3.05) is 0 Å². The maximum atomic E-state index is 13.4. The van der Waals surface area contributed by atoms with Crippen molar-refractivity contribution in [3.8, 4) is 0 Å². The van der Waals surface area contributed by atoms with E-state index in [-0.39, 0.29) is 5.56 Å². The lowest BCUT2D eigenvalue weighted by atomic mass is 10.00. The van der Waals surface area contributed by atoms with E-state index in [1.54, 1.807) is 6.08 Å². The fourth-order valence-corrected chi connectivity index (χ4v) is 1.85. The number of allylic oxidation sites excluding steroid dienone is 1. The van der Waals surface area contributed by atoms with Gasteiger partial charge in [0.05, 0.1) is 0 Å². The normalized spacial score (nSPS) is 11.4. The van der Waals surface area contributed by atoms with Crippen LogP contribution < -0.4 is 0 Å². The zero-order chi connectivity index (χ0) is 13.7. The van der Waals surface area contributed by atoms with Crippen LogP contribution in [0.25, 0.3) is 6.08 Å². The topological polar surface area (TPSA) is 0 Å². The third-order valence-electron chi connectivity index (χ3n) is 2.83. The smallest absolute Gasteiger partial charge is 0.130 e. The molecule has 0 N–H and O–H groups in total. The van der Waals surface area contributed by atoms with Crippen molar-refractivity contribution >= 4 is 6.08 Å². The van der Waals surface area contributed by atoms with Crippen LogP contribution in [-0.4, -0.2) is 0 Å². The van der Waals surface area contributed by atoms with Gasteiger partial charge in [-0.2, -0.15) is 0 Å². The van der Waals surface area contributed by atoms with Crippen molar-refractivity contribution < 1.29 is 8.78 Å². The lowest BCUT2D eigenvalue weighted by molar-refractivity contribution is 0.598. The lowest BCUT2D eigenvalue weighted by Crippen LogP contribution is -1.93. The van der Waals surface area contributed by atoms with E-state index in [9.17, 15) is 8.78 Å². The SMILES string of the molecule is C[C](/C=C/c1cc(F)ccc1F)Cc1ccccc1. The second kappa shape index (κ2) is 6.28. The third kappa shape index (κ3) is 4.02. The molecular weight excluding hydrogens is 242 g/mol. The summed E-state index contributed by atoms with van der Waals surface area (Å²) in [6.45, 7) is 1.97. The summed E-state index contributed by atoms with van der Waals surface area (Å²) < 4.78 is 26.4. The molecule has 2 aromatic rings. The highest BCUT2D eigenvalue weighted by atomic mass is 19.1. The summed E-state index contributed by atoms with van der Waals surface area (Å²) in [5.41, 5.74) is 1.47. The standard InChI is InChI=1S/C17H15F2/c1-13(11-14-5-3-2-4-6-14)7-8-15-12-16(18)9-10-17(15)19/h2-10,12H,11H2,1H3/b8-7+. The van der Waals surface area contributed by atoms with Crippen molar-refractivity contribution in [1.29, 1.82) is 0 Å². The van der Waals surface area contributed by atoms with Gasteiger partial charge in [-0.25, -0.2) is 8.78 Å². The molecule has 0 aliphatic rings. The van der Waals surface area contributed by atoms with E-state index in [1.165, 1.54) is 11.6 Å². The Morgan fingerprint density at radius 3 is 2.53 bits per heavy atom. The van der Waals surface area contributed by atoms with Gasteiger partial charge in [0, 0.05) is 5.56 Å². The number of rotatable bonds is 4. The third-order valence-corrected chi connectivity index (χ3v) is 2.83. The molecule has 0 aromatic heterocycles. The van der Waals surface area contributed by atoms with E-state index in [1.807, 2.05) is 43.3 Å². The number of hydrogen-bond donors (Lipinski definition) is 0. The molecule has 2 aromatic carbocycles. The van der Waals surface area contributed by atoms with Gasteiger partial charge in [-0.1, -0.05) is 49.4 Å². The molecule has 1 radical (unpaired) electrons. The first-order valence-corrected chi connectivity index (χ1v) is 6.14. The number of halogens is 2. The first kappa shape index (κ1) is 13.5. The molecule has 0 nitrogen and oxygen atoms in total. The minimum atomic E-state index is -0.429. The Morgan fingerprint density at radius 2 is 1.79 bits per heavy atom. The van der Waals surface area contributed by atoms with Crippen LogP contribution in [0.2, 0.25) is 0 Å². The first-order valence-electron chi connectivity index (χ1n) is 6.14. The quantitative estimate of drug-likeness (QED) is 0.737. The summed E-state index contributed by atoms with van der Waals surface area (Å²) in [5, 5.41) is 0. The van der Waals surface area contributed by atoms with Gasteiger partial charge in [0.2, 0.25) is 0 Å². The van der Waals surface area contributed by atoms with Crippen LogP contribution in [0.5, 0.6) is 0 Å². The summed E-state index contributed by atoms with van der Waals surface area (Å²) >= 11 is 0. The van der Waals surface area contributed by atoms with Gasteiger partial charge in [0.25, 0.3) is 0 Å². The Hall–Kier alpha value is -1.96. The molecule has 0 heterocycles. The highest BCUT2D eigenvalue weighted by Crippen LogP contribution is 2.16. The van der Waals surface area contributed by atoms with Crippen LogP contribution >= 0.6 is 0 Å². The van der Waals surface area contributed by atoms with Gasteiger partial charge in [-0.3, -0.25) is 0 Å². The monoisotopic (exact) mass is 257 g/mol. The summed E-state index contributed by atoms with van der Waals surface area (Å²) in [5.74, 6) is 0.252. The van der Waals surface area contributed by atoms with E-state index < -0.39 is 11.6 Å². The summed E-state index contributed by atoms with van der Waals surface area (Å²) in [4.78, 5) is 0. The van der Waals surface area contributed by atoms with Gasteiger partial charge in [0.1, 0.15) is 11.6 Å². The molecule has 0 aliphatic heterocycles. The van der Waals surface area contributed by atoms with Crippen LogP contribution in [0.15, 0.2) is 54.6 Å². The second-order valence-corrected chi connectivity index (χ2v) is 4.51. The minimum absolute atomic E-state index is 0.271. The average Bonchev–Trinajstić information content (AvgIpc) is 2.41. The van der Waals surface area contributed by atoms with E-state index in [2.05, 4.69) is 0 Å². The van der Waals surface area contributed by atoms with Crippen molar-refractivity contribution in [2.24, 2.45) is 0 Å². The molecule has 0 saturated carbocycles. The zero-order valence-corrected chi connectivity index (χ0v) is 10.7. The highest BCUT2D eigenvalue weighted by Gasteiger charge is 2.03. The van der Waals surface area contributed by atoms with Crippen molar-refractivity contribution in [2.45, 2.75) is 13.3 Å². The van der Waals surface area contributed by atoms with E-state index >= 15 is 0 Å². The fraction of sp³-hybridized carbons (Fsp3) is 0.118. The molecule has 0 unspecified atom stereocenters. The van der Waals surface area contributed by atoms with Crippen LogP contribution in [0, 0.1) is 17.6 Å². The summed E-state index contributed by atoms with van der Waals surface area (Å²) in [6.07, 6.45) is 4.23. The van der Waals surface area contributed by atoms with Crippen molar-refractivity contribution in [3.05, 3.63) is 83.3 Å². The Labute approximate surface area is 112 Å². The molecule has 2 heteroatoms. The Morgan fingerprint density at radius 1 is 1.05 bits per heavy atom. The van der Waals surface area contributed by atoms with Crippen LogP contribution in [0.3, 0.4) is 0 Å². The predicted molar refractivity (Wildman–Crippen MR) is 74.5 cm³/mol. The van der Waals surface area contributed by atoms with E-state index in [4.69, 9.17) is 0 Å². The largest absolute Gasteiger partial charge is 0.207 e. The molecular formula is C17H15F2. The summed E-state index contributed by atoms with van der Waals surface area (Å²) in [6, 6.07) is 13.5. The second-order valence-electron chi connectivity index (χ2n) is 4.51. The van der Waals surface area contributed by atoms with E-state index in [0.29, 0.717) is 0 Å². The maximum absolute atomic E-state index is 13.4.